The van der Waals surface area contributed by atoms with Gasteiger partial charge in [0.1, 0.15) is 15.1 Å². The van der Waals surface area contributed by atoms with Crippen molar-refractivity contribution >= 4 is 49.0 Å². The van der Waals surface area contributed by atoms with Gasteiger partial charge < -0.3 is 5.32 Å². The normalized spacial score (nSPS) is 15.9. The van der Waals surface area contributed by atoms with E-state index in [1.54, 1.807) is 42.5 Å². The van der Waals surface area contributed by atoms with Gasteiger partial charge in [-0.15, -0.1) is 11.3 Å². The van der Waals surface area contributed by atoms with Gasteiger partial charge in [0.05, 0.1) is 33.6 Å². The maximum Gasteiger partial charge on any atom is 0.242 e. The van der Waals surface area contributed by atoms with Gasteiger partial charge in [0.15, 0.2) is 0 Å². The minimum absolute atomic E-state index is 0.0322. The van der Waals surface area contributed by atoms with Crippen LogP contribution in [0.4, 0.5) is 11.6 Å². The van der Waals surface area contributed by atoms with Crippen molar-refractivity contribution in [1.82, 2.24) is 20.0 Å². The first-order valence-electron chi connectivity index (χ1n) is 11.5. The van der Waals surface area contributed by atoms with Gasteiger partial charge in [-0.25, -0.2) is 31.8 Å². The van der Waals surface area contributed by atoms with Crippen molar-refractivity contribution in [3.05, 3.63) is 41.5 Å². The predicted octanol–water partition coefficient (Wildman–Crippen LogP) is 2.89. The third kappa shape index (κ3) is 6.81. The highest BCUT2D eigenvalue weighted by atomic mass is 32.2. The third-order valence-corrected chi connectivity index (χ3v) is 9.36. The summed E-state index contributed by atoms with van der Waals surface area (Å²) >= 11 is 1.51. The summed E-state index contributed by atoms with van der Waals surface area (Å²) < 4.78 is 51.3. The van der Waals surface area contributed by atoms with Crippen LogP contribution in [0.1, 0.15) is 24.8 Å². The Balaban J connectivity index is 1.65. The van der Waals surface area contributed by atoms with E-state index in [9.17, 15) is 16.8 Å². The Kier molecular flexibility index (Phi) is 7.80. The van der Waals surface area contributed by atoms with Crippen LogP contribution in [0.3, 0.4) is 0 Å². The second kappa shape index (κ2) is 10.7. The van der Waals surface area contributed by atoms with Crippen LogP contribution in [-0.4, -0.2) is 80.4 Å². The lowest BCUT2D eigenvalue weighted by Gasteiger charge is -2.14. The highest BCUT2D eigenvalue weighted by Crippen LogP contribution is 2.39. The standard InChI is InChI=1S/C23H29N7O4S3/c1-15(2)22-28-20(21(35-22)19-8-9-24-23(27-19)25-10-11-36(4,31)32)16-6-5-7-17(12-16)29-37(33,34)18-13-26-30(3)14-18/h5-9,12-13,15,18,29H,10-11,14H2,1-4H3,(H,24,25,27). The lowest BCUT2D eigenvalue weighted by Crippen LogP contribution is -2.32. The summed E-state index contributed by atoms with van der Waals surface area (Å²) in [7, 11) is -5.06. The van der Waals surface area contributed by atoms with Crippen molar-refractivity contribution in [2.45, 2.75) is 25.0 Å². The number of sulfone groups is 1. The SMILES string of the molecule is CC(C)c1nc(-c2cccc(NS(=O)(=O)C3C=NN(C)C3)c2)c(-c2ccnc(NCCS(C)(=O)=O)n2)s1. The van der Waals surface area contributed by atoms with Crippen LogP contribution in [0.25, 0.3) is 21.8 Å². The van der Waals surface area contributed by atoms with Crippen molar-refractivity contribution in [3.63, 3.8) is 0 Å². The summed E-state index contributed by atoms with van der Waals surface area (Å²) in [5.74, 6) is 0.457. The van der Waals surface area contributed by atoms with Crippen molar-refractivity contribution in [1.29, 1.82) is 0 Å². The van der Waals surface area contributed by atoms with Crippen LogP contribution >= 0.6 is 11.3 Å². The Morgan fingerprint density at radius 3 is 2.62 bits per heavy atom. The van der Waals surface area contributed by atoms with E-state index in [2.05, 4.69) is 39.0 Å². The lowest BCUT2D eigenvalue weighted by atomic mass is 10.1. The smallest absolute Gasteiger partial charge is 0.242 e. The van der Waals surface area contributed by atoms with E-state index < -0.39 is 25.1 Å². The van der Waals surface area contributed by atoms with Gasteiger partial charge >= 0.3 is 0 Å². The summed E-state index contributed by atoms with van der Waals surface area (Å²) in [6.07, 6.45) is 4.21. The molecule has 4 rings (SSSR count). The molecule has 14 heteroatoms. The molecule has 1 atom stereocenters. The number of thiazole rings is 1. The summed E-state index contributed by atoms with van der Waals surface area (Å²) in [5.41, 5.74) is 2.47. The molecule has 2 N–H and O–H groups in total. The van der Waals surface area contributed by atoms with Crippen LogP contribution < -0.4 is 10.0 Å². The number of hydrogen-bond acceptors (Lipinski definition) is 11. The number of sulfonamides is 1. The zero-order chi connectivity index (χ0) is 26.8. The molecule has 0 aliphatic carbocycles. The van der Waals surface area contributed by atoms with Crippen molar-refractivity contribution in [2.75, 3.05) is 42.2 Å². The molecule has 0 spiro atoms. The molecule has 1 aliphatic rings. The van der Waals surface area contributed by atoms with Crippen molar-refractivity contribution in [2.24, 2.45) is 5.10 Å². The fourth-order valence-electron chi connectivity index (χ4n) is 3.56. The molecule has 3 heterocycles. The molecule has 0 fully saturated rings. The maximum absolute atomic E-state index is 12.9. The van der Waals surface area contributed by atoms with E-state index in [-0.39, 0.29) is 24.8 Å². The molecule has 0 amide bonds. The third-order valence-electron chi connectivity index (χ3n) is 5.45. The summed E-state index contributed by atoms with van der Waals surface area (Å²) in [5, 5.41) is 8.74. The molecule has 2 aromatic heterocycles. The molecule has 0 saturated carbocycles. The number of benzene rings is 1. The molecule has 1 unspecified atom stereocenters. The number of hydrogen-bond donors (Lipinski definition) is 2. The number of hydrazone groups is 1. The van der Waals surface area contributed by atoms with Gasteiger partial charge in [-0.05, 0) is 18.2 Å². The van der Waals surface area contributed by atoms with Gasteiger partial charge in [0, 0.05) is 49.4 Å². The van der Waals surface area contributed by atoms with Gasteiger partial charge in [-0.2, -0.15) is 5.10 Å². The maximum atomic E-state index is 12.9. The second-order valence-corrected chi connectivity index (χ2v) is 14.3. The monoisotopic (exact) mass is 563 g/mol. The summed E-state index contributed by atoms with van der Waals surface area (Å²) in [4.78, 5) is 14.5. The largest absolute Gasteiger partial charge is 0.353 e. The van der Waals surface area contributed by atoms with Crippen LogP contribution in [0.15, 0.2) is 41.6 Å². The minimum Gasteiger partial charge on any atom is -0.353 e. The average Bonchev–Trinajstić information content (AvgIpc) is 3.46. The Morgan fingerprint density at radius 1 is 1.16 bits per heavy atom. The highest BCUT2D eigenvalue weighted by Gasteiger charge is 2.29. The molecule has 3 aromatic rings. The van der Waals surface area contributed by atoms with Gasteiger partial charge in [0.2, 0.25) is 16.0 Å². The zero-order valence-corrected chi connectivity index (χ0v) is 23.4. The van der Waals surface area contributed by atoms with Gasteiger partial charge in [0.25, 0.3) is 0 Å². The van der Waals surface area contributed by atoms with Gasteiger partial charge in [-0.3, -0.25) is 9.73 Å². The van der Waals surface area contributed by atoms with E-state index in [1.807, 2.05) is 6.07 Å². The Labute approximate surface area is 221 Å². The predicted molar refractivity (Wildman–Crippen MR) is 148 cm³/mol. The fraction of sp³-hybridized carbons (Fsp3) is 0.391. The van der Waals surface area contributed by atoms with E-state index in [0.29, 0.717) is 23.0 Å². The molecule has 11 nitrogen and oxygen atoms in total. The topological polar surface area (TPSA) is 147 Å². The zero-order valence-electron chi connectivity index (χ0n) is 20.9. The second-order valence-electron chi connectivity index (χ2n) is 9.08. The molecule has 0 bridgehead atoms. The molecular weight excluding hydrogens is 534 g/mol. The molecule has 37 heavy (non-hydrogen) atoms. The molecule has 1 aromatic carbocycles. The van der Waals surface area contributed by atoms with Crippen molar-refractivity contribution < 1.29 is 16.8 Å². The first-order chi connectivity index (χ1) is 17.4. The number of rotatable bonds is 10. The fourth-order valence-corrected chi connectivity index (χ4v) is 6.33. The molecule has 1 aliphatic heterocycles. The van der Waals surface area contributed by atoms with Crippen LogP contribution in [0, 0.1) is 0 Å². The summed E-state index contributed by atoms with van der Waals surface area (Å²) in [6, 6.07) is 8.87. The molecule has 198 valence electrons. The van der Waals surface area contributed by atoms with E-state index in [4.69, 9.17) is 4.98 Å². The Morgan fingerprint density at radius 2 is 1.95 bits per heavy atom. The Hall–Kier alpha value is -3.10. The first kappa shape index (κ1) is 26.9. The molecule has 0 radical (unpaired) electrons. The number of anilines is 2. The number of nitrogens with zero attached hydrogens (tertiary/aromatic N) is 5. The van der Waals surface area contributed by atoms with Crippen LogP contribution in [-0.2, 0) is 19.9 Å². The first-order valence-corrected chi connectivity index (χ1v) is 16.0. The van der Waals surface area contributed by atoms with Gasteiger partial charge in [-0.1, -0.05) is 26.0 Å². The van der Waals surface area contributed by atoms with E-state index in [0.717, 1.165) is 15.4 Å². The summed E-state index contributed by atoms with van der Waals surface area (Å²) in [6.45, 7) is 4.58. The quantitative estimate of drug-likeness (QED) is 0.380. The molecule has 0 saturated heterocycles. The molecular formula is C23H29N7O4S3. The minimum atomic E-state index is -3.67. The average molecular weight is 564 g/mol. The Bertz CT molecular complexity index is 1520. The van der Waals surface area contributed by atoms with E-state index >= 15 is 0 Å². The van der Waals surface area contributed by atoms with Crippen LogP contribution in [0.2, 0.25) is 0 Å². The lowest BCUT2D eigenvalue weighted by molar-refractivity contribution is 0.392. The number of nitrogens with one attached hydrogen (secondary N) is 2. The van der Waals surface area contributed by atoms with Crippen LogP contribution in [0.5, 0.6) is 0 Å². The highest BCUT2D eigenvalue weighted by molar-refractivity contribution is 7.94. The number of aromatic nitrogens is 3. The van der Waals surface area contributed by atoms with E-state index in [1.165, 1.54) is 23.8 Å². The van der Waals surface area contributed by atoms with Crippen molar-refractivity contribution in [3.8, 4) is 21.8 Å².